The molecule has 0 saturated carbocycles. The number of carbonyl (C=O) groups excluding carboxylic acids is 3. The number of aromatic amines is 1. The van der Waals surface area contributed by atoms with Crippen LogP contribution in [0.3, 0.4) is 0 Å². The van der Waals surface area contributed by atoms with Crippen molar-refractivity contribution in [2.45, 2.75) is 70.4 Å². The van der Waals surface area contributed by atoms with Crippen LogP contribution in [-0.4, -0.2) is 59.3 Å². The van der Waals surface area contributed by atoms with Crippen molar-refractivity contribution in [1.29, 1.82) is 0 Å². The molecule has 2 heterocycles. The van der Waals surface area contributed by atoms with Gasteiger partial charge in [-0.1, -0.05) is 55.0 Å². The summed E-state index contributed by atoms with van der Waals surface area (Å²) in [4.78, 5) is 40.9. The van der Waals surface area contributed by atoms with Crippen molar-refractivity contribution in [3.8, 4) is 11.3 Å². The van der Waals surface area contributed by atoms with Gasteiger partial charge in [-0.05, 0) is 43.4 Å². The lowest BCUT2D eigenvalue weighted by Gasteiger charge is -2.41. The molecule has 0 bridgehead atoms. The predicted molar refractivity (Wildman–Crippen MR) is 151 cm³/mol. The highest BCUT2D eigenvalue weighted by Crippen LogP contribution is 2.32. The monoisotopic (exact) mass is 517 g/mol. The lowest BCUT2D eigenvalue weighted by molar-refractivity contribution is -0.927. The van der Waals surface area contributed by atoms with Crippen LogP contribution in [0.25, 0.3) is 22.2 Å². The number of likely N-dealkylation sites (tertiary alicyclic amines) is 1. The summed E-state index contributed by atoms with van der Waals surface area (Å²) in [5, 5.41) is 4.37. The predicted octanol–water partition coefficient (Wildman–Crippen LogP) is 4.50. The quantitative estimate of drug-likeness (QED) is 0.230. The van der Waals surface area contributed by atoms with Crippen molar-refractivity contribution >= 4 is 28.5 Å². The van der Waals surface area contributed by atoms with Gasteiger partial charge in [-0.3, -0.25) is 9.59 Å². The van der Waals surface area contributed by atoms with E-state index in [1.165, 1.54) is 5.56 Å². The number of hydrogen-bond acceptors (Lipinski definition) is 3. The van der Waals surface area contributed by atoms with Crippen LogP contribution in [0.2, 0.25) is 0 Å². The number of benzene rings is 2. The topological polar surface area (TPSA) is 105 Å². The highest BCUT2D eigenvalue weighted by Gasteiger charge is 2.49. The minimum absolute atomic E-state index is 0.0201. The number of aromatic nitrogens is 1. The first kappa shape index (κ1) is 27.6. The minimum atomic E-state index is -0.346. The number of amides is 2. The lowest BCUT2D eigenvalue weighted by Crippen LogP contribution is -2.64. The van der Waals surface area contributed by atoms with Gasteiger partial charge in [0, 0.05) is 48.8 Å². The number of Topliss-reactive ketones (excluding diaryl/α,β-unsaturated/α-hetero) is 1. The van der Waals surface area contributed by atoms with Gasteiger partial charge >= 0.3 is 0 Å². The van der Waals surface area contributed by atoms with Crippen LogP contribution in [0.1, 0.15) is 57.4 Å². The molecular formula is C31H41N4O3+. The van der Waals surface area contributed by atoms with Gasteiger partial charge in [-0.2, -0.15) is 0 Å². The molecule has 0 spiro atoms. The maximum Gasteiger partial charge on any atom is 0.278 e. The van der Waals surface area contributed by atoms with Crippen molar-refractivity contribution in [1.82, 2.24) is 10.3 Å². The van der Waals surface area contributed by atoms with Gasteiger partial charge in [0.1, 0.15) is 5.78 Å². The fraction of sp³-hybridized carbons (Fsp3) is 0.452. The standard InChI is InChI=1S/C31H40N4O3/c1-22(36)12-5-3-8-17-28(35(2)21-11-18-27(35)30(32)37)31(38)33-20-19-25-24-15-9-10-16-26(24)34-29(25)23-13-6-4-7-14-23/h4,6-7,9-10,13-16,27-28,34H,3,5,8,11-12,17-21H2,1-2H3,(H2-,32,33,37,38)/p+1/t27-,28-,35?/m0/s1. The number of nitrogens with zero attached hydrogens (tertiary/aromatic N) is 1. The van der Waals surface area contributed by atoms with Crippen LogP contribution in [0, 0.1) is 0 Å². The van der Waals surface area contributed by atoms with E-state index in [0.717, 1.165) is 60.8 Å². The molecule has 0 aliphatic carbocycles. The molecular weight excluding hydrogens is 476 g/mol. The van der Waals surface area contributed by atoms with E-state index in [4.69, 9.17) is 5.73 Å². The molecule has 4 rings (SSSR count). The van der Waals surface area contributed by atoms with Gasteiger partial charge in [-0.15, -0.1) is 0 Å². The highest BCUT2D eigenvalue weighted by atomic mass is 16.2. The third kappa shape index (κ3) is 6.16. The largest absolute Gasteiger partial charge is 0.365 e. The van der Waals surface area contributed by atoms with Crippen molar-refractivity contribution < 1.29 is 18.9 Å². The van der Waals surface area contributed by atoms with Gasteiger partial charge in [0.05, 0.1) is 13.6 Å². The Labute approximate surface area is 225 Å². The SMILES string of the molecule is CC(=O)CCCCC[C@@H](C(=O)NCCc1c(-c2ccccc2)[nH]c2ccccc12)[N+]1(C)CCC[C@H]1C(N)=O. The number of hydrogen-bond donors (Lipinski definition) is 3. The summed E-state index contributed by atoms with van der Waals surface area (Å²) in [5.41, 5.74) is 10.2. The first-order chi connectivity index (χ1) is 18.3. The summed E-state index contributed by atoms with van der Waals surface area (Å²) < 4.78 is 0.371. The van der Waals surface area contributed by atoms with Gasteiger partial charge in [0.2, 0.25) is 0 Å². The number of unbranched alkanes of at least 4 members (excludes halogenated alkanes) is 2. The van der Waals surface area contributed by atoms with Gasteiger partial charge in [0.15, 0.2) is 12.1 Å². The zero-order chi connectivity index (χ0) is 27.1. The number of H-pyrrole nitrogens is 1. The molecule has 2 aromatic carbocycles. The Morgan fingerprint density at radius 1 is 1.05 bits per heavy atom. The summed E-state index contributed by atoms with van der Waals surface area (Å²) >= 11 is 0. The van der Waals surface area contributed by atoms with Crippen molar-refractivity contribution in [3.63, 3.8) is 0 Å². The molecule has 1 unspecified atom stereocenters. The molecule has 202 valence electrons. The summed E-state index contributed by atoms with van der Waals surface area (Å²) in [6.07, 6.45) is 6.09. The number of rotatable bonds is 13. The van der Waals surface area contributed by atoms with Crippen molar-refractivity contribution in [2.75, 3.05) is 20.1 Å². The maximum absolute atomic E-state index is 13.7. The number of primary amides is 1. The molecule has 4 N–H and O–H groups in total. The molecule has 3 atom stereocenters. The second-order valence-corrected chi connectivity index (χ2v) is 10.9. The Morgan fingerprint density at radius 3 is 2.53 bits per heavy atom. The number of nitrogens with two attached hydrogens (primary N) is 1. The normalized spacial score (nSPS) is 19.9. The van der Waals surface area contributed by atoms with Crippen LogP contribution in [0.15, 0.2) is 54.6 Å². The van der Waals surface area contributed by atoms with Gasteiger partial charge in [-0.25, -0.2) is 0 Å². The average molecular weight is 518 g/mol. The average Bonchev–Trinajstić information content (AvgIpc) is 3.48. The van der Waals surface area contributed by atoms with Crippen LogP contribution in [-0.2, 0) is 20.8 Å². The van der Waals surface area contributed by atoms with E-state index in [1.54, 1.807) is 6.92 Å². The van der Waals surface area contributed by atoms with E-state index in [1.807, 2.05) is 37.4 Å². The molecule has 1 fully saturated rings. The van der Waals surface area contributed by atoms with Crippen LogP contribution < -0.4 is 11.1 Å². The molecule has 1 aliphatic heterocycles. The Balaban J connectivity index is 1.49. The summed E-state index contributed by atoms with van der Waals surface area (Å²) in [7, 11) is 2.01. The molecule has 7 nitrogen and oxygen atoms in total. The Kier molecular flexibility index (Phi) is 9.00. The van der Waals surface area contributed by atoms with Gasteiger partial charge in [0.25, 0.3) is 11.8 Å². The molecule has 0 radical (unpaired) electrons. The first-order valence-corrected chi connectivity index (χ1v) is 13.9. The number of quaternary nitrogens is 1. The van der Waals surface area contributed by atoms with E-state index in [0.29, 0.717) is 30.3 Å². The molecule has 7 heteroatoms. The fourth-order valence-corrected chi connectivity index (χ4v) is 6.20. The lowest BCUT2D eigenvalue weighted by atomic mass is 10.00. The van der Waals surface area contributed by atoms with Crippen LogP contribution in [0.5, 0.6) is 0 Å². The summed E-state index contributed by atoms with van der Waals surface area (Å²) in [6.45, 7) is 2.88. The highest BCUT2D eigenvalue weighted by molar-refractivity contribution is 5.91. The summed E-state index contributed by atoms with van der Waals surface area (Å²) in [6, 6.07) is 17.8. The molecule has 2 amide bonds. The molecule has 1 aromatic heterocycles. The molecule has 38 heavy (non-hydrogen) atoms. The number of para-hydroxylation sites is 1. The fourth-order valence-electron chi connectivity index (χ4n) is 6.20. The molecule has 1 saturated heterocycles. The van der Waals surface area contributed by atoms with E-state index >= 15 is 0 Å². The number of carbonyl (C=O) groups is 3. The third-order valence-corrected chi connectivity index (χ3v) is 8.23. The zero-order valence-corrected chi connectivity index (χ0v) is 22.7. The number of fused-ring (bicyclic) bond motifs is 1. The van der Waals surface area contributed by atoms with Gasteiger partial charge < -0.3 is 25.3 Å². The second kappa shape index (κ2) is 12.4. The van der Waals surface area contributed by atoms with Crippen LogP contribution in [0.4, 0.5) is 0 Å². The number of nitrogens with one attached hydrogen (secondary N) is 2. The molecule has 3 aromatic rings. The second-order valence-electron chi connectivity index (χ2n) is 10.9. The third-order valence-electron chi connectivity index (χ3n) is 8.23. The number of ketones is 1. The van der Waals surface area contributed by atoms with E-state index in [9.17, 15) is 14.4 Å². The van der Waals surface area contributed by atoms with E-state index in [-0.39, 0.29) is 29.7 Å². The first-order valence-electron chi connectivity index (χ1n) is 13.9. The number of likely N-dealkylation sites (N-methyl/N-ethyl adjacent to an activating group) is 1. The summed E-state index contributed by atoms with van der Waals surface area (Å²) in [5.74, 6) is -0.155. The minimum Gasteiger partial charge on any atom is -0.365 e. The Morgan fingerprint density at radius 2 is 1.79 bits per heavy atom. The Bertz CT molecular complexity index is 1270. The van der Waals surface area contributed by atoms with E-state index < -0.39 is 0 Å². The van der Waals surface area contributed by atoms with Crippen molar-refractivity contribution in [3.05, 3.63) is 60.2 Å². The smallest absolute Gasteiger partial charge is 0.278 e. The van der Waals surface area contributed by atoms with Crippen LogP contribution >= 0.6 is 0 Å². The van der Waals surface area contributed by atoms with Crippen molar-refractivity contribution in [2.24, 2.45) is 5.73 Å². The zero-order valence-electron chi connectivity index (χ0n) is 22.7. The Hall–Kier alpha value is -3.45. The van der Waals surface area contributed by atoms with E-state index in [2.05, 4.69) is 34.6 Å². The molecule has 1 aliphatic rings. The maximum atomic E-state index is 13.7.